The molecule has 0 radical (unpaired) electrons. The minimum absolute atomic E-state index is 0.00314. The van der Waals surface area contributed by atoms with Crippen molar-refractivity contribution < 1.29 is 38.4 Å². The first kappa shape index (κ1) is 24.0. The van der Waals surface area contributed by atoms with Gasteiger partial charge in [0.1, 0.15) is 12.2 Å². The maximum absolute atomic E-state index is 12.9. The monoisotopic (exact) mass is 449 g/mol. The number of Topliss-reactive ketones (excluding diaryl/α,β-unsaturated/α-hetero) is 1. The molecular formula is C23H31NO8. The number of cyclic esters (lactones) is 1. The van der Waals surface area contributed by atoms with Gasteiger partial charge in [-0.15, -0.1) is 0 Å². The van der Waals surface area contributed by atoms with Crippen molar-refractivity contribution in [2.24, 2.45) is 17.8 Å². The van der Waals surface area contributed by atoms with E-state index in [1.807, 2.05) is 6.92 Å². The van der Waals surface area contributed by atoms with E-state index in [2.05, 4.69) is 4.98 Å². The fourth-order valence-corrected chi connectivity index (χ4v) is 3.87. The van der Waals surface area contributed by atoms with E-state index in [0.29, 0.717) is 13.0 Å². The largest absolute Gasteiger partial charge is 0.503 e. The van der Waals surface area contributed by atoms with Gasteiger partial charge in [-0.2, -0.15) is 0 Å². The van der Waals surface area contributed by atoms with Gasteiger partial charge in [-0.05, 0) is 32.6 Å². The second-order valence-corrected chi connectivity index (χ2v) is 8.38. The minimum atomic E-state index is -0.879. The maximum atomic E-state index is 12.9. The van der Waals surface area contributed by atoms with E-state index in [1.165, 1.54) is 19.4 Å². The normalized spacial score (nSPS) is 26.7. The number of aromatic hydroxyl groups is 1. The highest BCUT2D eigenvalue weighted by molar-refractivity contribution is 5.99. The average molecular weight is 450 g/mol. The predicted molar refractivity (Wildman–Crippen MR) is 112 cm³/mol. The Morgan fingerprint density at radius 1 is 1.28 bits per heavy atom. The number of hydrogen-bond acceptors (Lipinski definition) is 9. The van der Waals surface area contributed by atoms with Gasteiger partial charge in [-0.1, -0.05) is 6.92 Å². The average Bonchev–Trinajstić information content (AvgIpc) is 3.62. The van der Waals surface area contributed by atoms with E-state index in [9.17, 15) is 19.5 Å². The highest BCUT2D eigenvalue weighted by Crippen LogP contribution is 2.33. The van der Waals surface area contributed by atoms with E-state index in [-0.39, 0.29) is 48.0 Å². The lowest BCUT2D eigenvalue weighted by molar-refractivity contribution is -0.178. The Hall–Kier alpha value is -2.68. The summed E-state index contributed by atoms with van der Waals surface area (Å²) in [6, 6.07) is 1.43. The van der Waals surface area contributed by atoms with Gasteiger partial charge < -0.3 is 24.1 Å². The quantitative estimate of drug-likeness (QED) is 0.494. The van der Waals surface area contributed by atoms with Crippen LogP contribution in [0.15, 0.2) is 12.3 Å². The number of esters is 2. The van der Waals surface area contributed by atoms with Crippen molar-refractivity contribution in [3.63, 3.8) is 0 Å². The van der Waals surface area contributed by atoms with Crippen molar-refractivity contribution in [1.82, 2.24) is 4.98 Å². The molecule has 0 amide bonds. The number of hydrogen-bond donors (Lipinski definition) is 1. The Morgan fingerprint density at radius 2 is 2.03 bits per heavy atom. The summed E-state index contributed by atoms with van der Waals surface area (Å²) in [6.45, 7) is 4.08. The fourth-order valence-electron chi connectivity index (χ4n) is 3.87. The zero-order valence-electron chi connectivity index (χ0n) is 18.7. The standard InChI is InChI=1S/C23H31NO8/c1-4-14-8-10-30-12-16(11-17(25)19-20(26)18(29-3)7-9-24-19)23(28)31-13(2)21(14)32-22(27)15-5-6-15/h7,9,13-16,21,26H,4-6,8,10-12H2,1-3H3/t13-,14-,16-,21-/m0/s1. The lowest BCUT2D eigenvalue weighted by atomic mass is 9.92. The molecule has 0 aromatic carbocycles. The highest BCUT2D eigenvalue weighted by Gasteiger charge is 2.39. The van der Waals surface area contributed by atoms with E-state index in [4.69, 9.17) is 18.9 Å². The molecule has 1 aromatic heterocycles. The van der Waals surface area contributed by atoms with Gasteiger partial charge in [0.2, 0.25) is 0 Å². The summed E-state index contributed by atoms with van der Waals surface area (Å²) < 4.78 is 22.1. The third kappa shape index (κ3) is 5.76. The molecule has 1 saturated carbocycles. The summed E-state index contributed by atoms with van der Waals surface area (Å²) in [7, 11) is 1.37. The van der Waals surface area contributed by atoms with Gasteiger partial charge in [-0.3, -0.25) is 14.4 Å². The second-order valence-electron chi connectivity index (χ2n) is 8.38. The molecule has 2 heterocycles. The molecule has 9 heteroatoms. The number of nitrogens with zero attached hydrogens (tertiary/aromatic N) is 1. The highest BCUT2D eigenvalue weighted by atomic mass is 16.6. The van der Waals surface area contributed by atoms with Crippen molar-refractivity contribution in [3.8, 4) is 11.5 Å². The lowest BCUT2D eigenvalue weighted by Gasteiger charge is -2.33. The number of rotatable bonds is 7. The predicted octanol–water partition coefficient (Wildman–Crippen LogP) is 2.68. The molecular weight excluding hydrogens is 418 g/mol. The molecule has 1 saturated heterocycles. The number of methoxy groups -OCH3 is 1. The van der Waals surface area contributed by atoms with E-state index in [0.717, 1.165) is 19.3 Å². The summed E-state index contributed by atoms with van der Waals surface area (Å²) in [6.07, 6.45) is 2.91. The van der Waals surface area contributed by atoms with E-state index in [1.54, 1.807) is 6.92 Å². The maximum Gasteiger partial charge on any atom is 0.312 e. The number of ketones is 1. The molecule has 0 spiro atoms. The van der Waals surface area contributed by atoms with Gasteiger partial charge in [0.15, 0.2) is 23.0 Å². The molecule has 32 heavy (non-hydrogen) atoms. The van der Waals surface area contributed by atoms with Crippen LogP contribution >= 0.6 is 0 Å². The van der Waals surface area contributed by atoms with Crippen LogP contribution in [0.1, 0.15) is 56.4 Å². The van der Waals surface area contributed by atoms with E-state index < -0.39 is 29.9 Å². The molecule has 0 bridgehead atoms. The summed E-state index contributed by atoms with van der Waals surface area (Å²) in [5.74, 6) is -2.59. The zero-order valence-corrected chi connectivity index (χ0v) is 18.7. The van der Waals surface area contributed by atoms with Crippen LogP contribution in [-0.4, -0.2) is 60.3 Å². The first-order chi connectivity index (χ1) is 15.3. The Bertz CT molecular complexity index is 837. The zero-order chi connectivity index (χ0) is 23.3. The topological polar surface area (TPSA) is 121 Å². The van der Waals surface area contributed by atoms with Crippen LogP contribution in [0.5, 0.6) is 11.5 Å². The summed E-state index contributed by atoms with van der Waals surface area (Å²) in [4.78, 5) is 41.9. The molecule has 1 N–H and O–H groups in total. The van der Waals surface area contributed by atoms with Crippen LogP contribution in [-0.2, 0) is 23.8 Å². The molecule has 0 unspecified atom stereocenters. The lowest BCUT2D eigenvalue weighted by Crippen LogP contribution is -2.42. The molecule has 1 aromatic rings. The first-order valence-electron chi connectivity index (χ1n) is 11.1. The van der Waals surface area contributed by atoms with Gasteiger partial charge in [0.25, 0.3) is 0 Å². The van der Waals surface area contributed by atoms with Crippen molar-refractivity contribution >= 4 is 17.7 Å². The number of carbonyl (C=O) groups is 3. The second kappa shape index (κ2) is 10.8. The molecule has 2 aliphatic rings. The molecule has 176 valence electrons. The Balaban J connectivity index is 1.72. The van der Waals surface area contributed by atoms with Gasteiger partial charge >= 0.3 is 11.9 Å². The van der Waals surface area contributed by atoms with Crippen LogP contribution < -0.4 is 4.74 Å². The number of pyridine rings is 1. The molecule has 9 nitrogen and oxygen atoms in total. The molecule has 3 rings (SSSR count). The van der Waals surface area contributed by atoms with E-state index >= 15 is 0 Å². The minimum Gasteiger partial charge on any atom is -0.503 e. The fraction of sp³-hybridized carbons (Fsp3) is 0.652. The smallest absolute Gasteiger partial charge is 0.312 e. The number of aromatic nitrogens is 1. The SMILES string of the molecule is CC[C@H]1CCOC[C@H](CC(=O)c2nccc(OC)c2O)C(=O)O[C@@H](C)[C@@H]1OC(=O)C1CC1. The third-order valence-corrected chi connectivity index (χ3v) is 6.01. The van der Waals surface area contributed by atoms with Crippen molar-refractivity contribution in [1.29, 1.82) is 0 Å². The van der Waals surface area contributed by atoms with Crippen LogP contribution in [0, 0.1) is 17.8 Å². The Labute approximate surface area is 187 Å². The number of ether oxygens (including phenoxy) is 4. The van der Waals surface area contributed by atoms with Crippen molar-refractivity contribution in [2.45, 2.75) is 58.2 Å². The number of carbonyl (C=O) groups excluding carboxylic acids is 3. The van der Waals surface area contributed by atoms with Crippen LogP contribution in [0.25, 0.3) is 0 Å². The van der Waals surface area contributed by atoms with Crippen LogP contribution in [0.2, 0.25) is 0 Å². The van der Waals surface area contributed by atoms with Gasteiger partial charge in [-0.25, -0.2) is 4.98 Å². The van der Waals surface area contributed by atoms with Crippen molar-refractivity contribution in [3.05, 3.63) is 18.0 Å². The van der Waals surface area contributed by atoms with Gasteiger partial charge in [0, 0.05) is 31.2 Å². The van der Waals surface area contributed by atoms with Crippen molar-refractivity contribution in [2.75, 3.05) is 20.3 Å². The Kier molecular flexibility index (Phi) is 8.06. The molecule has 1 aliphatic heterocycles. The molecule has 4 atom stereocenters. The molecule has 1 aliphatic carbocycles. The third-order valence-electron chi connectivity index (χ3n) is 6.01. The Morgan fingerprint density at radius 3 is 2.69 bits per heavy atom. The van der Waals surface area contributed by atoms with Crippen LogP contribution in [0.3, 0.4) is 0 Å². The summed E-state index contributed by atoms with van der Waals surface area (Å²) >= 11 is 0. The van der Waals surface area contributed by atoms with Gasteiger partial charge in [0.05, 0.1) is 25.6 Å². The first-order valence-corrected chi connectivity index (χ1v) is 11.1. The van der Waals surface area contributed by atoms with Crippen LogP contribution in [0.4, 0.5) is 0 Å². The summed E-state index contributed by atoms with van der Waals surface area (Å²) in [5.41, 5.74) is -0.176. The molecule has 2 fully saturated rings. The summed E-state index contributed by atoms with van der Waals surface area (Å²) in [5, 5.41) is 10.2.